The van der Waals surface area contributed by atoms with Crippen molar-refractivity contribution in [2.24, 2.45) is 0 Å². The number of hydrogen-bond acceptors (Lipinski definition) is 24. The van der Waals surface area contributed by atoms with Gasteiger partial charge in [-0.25, -0.2) is 19.9 Å². The molecule has 0 aliphatic carbocycles. The number of H-pyrrole nitrogens is 1. The van der Waals surface area contributed by atoms with Gasteiger partial charge in [0.2, 0.25) is 11.9 Å². The first-order valence-electron chi connectivity index (χ1n) is 19.4. The molecule has 2 amide bonds. The number of thiol groups is 1. The SMILES string of the molecule is CC(=O)CCNC(=O)CCCSSCCNC(=O)C12O[C@@H]3[C@H](O1)[C@@H](CO[P+](O)(S)O[C@H]1[C@@H](O)[C@H](n4cnc5c(N)ncnc54)O[C@@H]1COP2(O)=S)O[C@H]3n1cnc2c(=O)[nH]c(N)nc21. The molecule has 4 aliphatic rings. The Morgan fingerprint density at radius 3 is 2.47 bits per heavy atom. The minimum Gasteiger partial charge on any atom is -0.385 e. The highest BCUT2D eigenvalue weighted by molar-refractivity contribution is 8.76. The fraction of sp³-hybridized carbons (Fsp3) is 0.594. The smallest absolute Gasteiger partial charge is 0.385 e. The Morgan fingerprint density at radius 2 is 1.69 bits per heavy atom. The number of aromatic amines is 1. The summed E-state index contributed by atoms with van der Waals surface area (Å²) in [6.45, 7) is -4.09. The van der Waals surface area contributed by atoms with Gasteiger partial charge < -0.3 is 55.6 Å². The maximum Gasteiger partial charge on any atom is 0.476 e. The van der Waals surface area contributed by atoms with E-state index in [9.17, 15) is 34.1 Å². The summed E-state index contributed by atoms with van der Waals surface area (Å²) in [5, 5.41) is 17.1. The second kappa shape index (κ2) is 19.2. The van der Waals surface area contributed by atoms with E-state index in [2.05, 4.69) is 52.8 Å². The van der Waals surface area contributed by atoms with Crippen LogP contribution in [0.25, 0.3) is 22.3 Å². The number of amides is 2. The first kappa shape index (κ1) is 47.3. The number of imidazole rings is 2. The Balaban J connectivity index is 1.04. The van der Waals surface area contributed by atoms with E-state index in [1.807, 2.05) is 0 Å². The monoisotopic (exact) mass is 1010 g/mol. The highest BCUT2D eigenvalue weighted by Crippen LogP contribution is 2.67. The van der Waals surface area contributed by atoms with Crippen molar-refractivity contribution in [2.45, 2.75) is 80.8 Å². The summed E-state index contributed by atoms with van der Waals surface area (Å²) in [4.78, 5) is 97.2. The number of hydrogen-bond donors (Lipinski definition) is 9. The van der Waals surface area contributed by atoms with Crippen molar-refractivity contribution in [2.75, 3.05) is 49.3 Å². The lowest BCUT2D eigenvalue weighted by molar-refractivity contribution is -0.190. The lowest BCUT2D eigenvalue weighted by atomic mass is 10.1. The predicted molar refractivity (Wildman–Crippen MR) is 235 cm³/mol. The zero-order valence-corrected chi connectivity index (χ0v) is 38.5. The van der Waals surface area contributed by atoms with Crippen LogP contribution in [0.15, 0.2) is 23.8 Å². The normalized spacial score (nSPS) is 32.8. The van der Waals surface area contributed by atoms with Crippen molar-refractivity contribution in [3.05, 3.63) is 29.3 Å². The standard InChI is InChI=1S/C32H42N12O14P2S4/c1-14(45)4-5-35-17(46)3-2-7-63-64-8-6-36-30(49)32-56-22-16(55-29(23(22)57-32)44-13-40-19-26(44)41-31(34)42-27(19)48)10-53-60(51,62)58-21-15(9-52-59(32,50)61)54-28(20(21)47)43-12-39-18-24(33)37-11-38-25(18)43/h11-13,15-16,20-23,28-29,47,51,62H,2-10H2,1H3,(H7-,33,34,35,36,37,38,41,42,46,48,49,50,61)/p+1/t15-,16-,20-,21-,22-,23-,28-,29-,32?,59?,60?/m1/s1. The molecule has 0 radical (unpaired) electrons. The van der Waals surface area contributed by atoms with Gasteiger partial charge in [-0.05, 0) is 25.2 Å². The summed E-state index contributed by atoms with van der Waals surface area (Å²) in [5.41, 5.74) is 8.76. The van der Waals surface area contributed by atoms with Crippen molar-refractivity contribution >= 4 is 111 Å². The number of Topliss-reactive ketones (excluding diaryl/α,β-unsaturated/α-hetero) is 1. The van der Waals surface area contributed by atoms with Gasteiger partial charge in [0, 0.05) is 37.4 Å². The fourth-order valence-electron chi connectivity index (χ4n) is 7.31. The van der Waals surface area contributed by atoms with Crippen molar-refractivity contribution in [3.63, 3.8) is 0 Å². The molecule has 32 heteroatoms. The molecule has 10 N–H and O–H groups in total. The van der Waals surface area contributed by atoms with Crippen LogP contribution in [0.5, 0.6) is 0 Å². The average Bonchev–Trinajstić information content (AvgIpc) is 4.06. The summed E-state index contributed by atoms with van der Waals surface area (Å²) in [6, 6.07) is 0. The zero-order chi connectivity index (χ0) is 45.6. The number of nitrogens with one attached hydrogen (secondary N) is 3. The lowest BCUT2D eigenvalue weighted by Gasteiger charge is -2.35. The molecule has 26 nitrogen and oxygen atoms in total. The topological polar surface area (TPSA) is 360 Å². The number of rotatable bonds is 14. The largest absolute Gasteiger partial charge is 0.476 e. The summed E-state index contributed by atoms with van der Waals surface area (Å²) < 4.78 is 45.8. The first-order valence-corrected chi connectivity index (χ1v) is 27.3. The minimum atomic E-state index is -4.68. The first-order chi connectivity index (χ1) is 30.5. The third-order valence-electron chi connectivity index (χ3n) is 10.3. The van der Waals surface area contributed by atoms with Crippen LogP contribution < -0.4 is 27.7 Å². The van der Waals surface area contributed by atoms with Crippen molar-refractivity contribution in [1.82, 2.24) is 49.7 Å². The molecule has 3 unspecified atom stereocenters. The van der Waals surface area contributed by atoms with E-state index in [1.54, 1.807) is 0 Å². The molecule has 0 spiro atoms. The van der Waals surface area contributed by atoms with Gasteiger partial charge in [-0.1, -0.05) is 21.6 Å². The fourth-order valence-corrected chi connectivity index (χ4v) is 12.9. The van der Waals surface area contributed by atoms with E-state index in [1.165, 1.54) is 56.6 Å². The van der Waals surface area contributed by atoms with Gasteiger partial charge in [0.25, 0.3) is 18.0 Å². The number of carbonyl (C=O) groups is 3. The molecule has 11 atom stereocenters. The van der Waals surface area contributed by atoms with Crippen molar-refractivity contribution in [1.29, 1.82) is 0 Å². The summed E-state index contributed by atoms with van der Waals surface area (Å²) in [5.74, 6) is -0.348. The molecule has 2 bridgehead atoms. The molecule has 4 aromatic heterocycles. The van der Waals surface area contributed by atoms with Crippen molar-refractivity contribution in [3.8, 4) is 0 Å². The van der Waals surface area contributed by atoms with Gasteiger partial charge in [-0.3, -0.25) is 33.3 Å². The van der Waals surface area contributed by atoms with E-state index < -0.39 is 92.9 Å². The second-order valence-corrected chi connectivity index (χ2v) is 23.7. The van der Waals surface area contributed by atoms with Crippen molar-refractivity contribution < 1.29 is 61.8 Å². The molecule has 0 aromatic carbocycles. The van der Waals surface area contributed by atoms with E-state index in [0.717, 1.165) is 0 Å². The van der Waals surface area contributed by atoms with E-state index in [-0.39, 0.29) is 65.2 Å². The average molecular weight is 1010 g/mol. The number of nitrogens with zero attached hydrogens (tertiary/aromatic N) is 7. The number of nitrogen functional groups attached to an aromatic ring is 2. The summed E-state index contributed by atoms with van der Waals surface area (Å²) in [7, 11) is -1.31. The Hall–Kier alpha value is -3.16. The van der Waals surface area contributed by atoms with Gasteiger partial charge in [-0.15, -0.1) is 0 Å². The maximum atomic E-state index is 14.5. The van der Waals surface area contributed by atoms with Crippen LogP contribution in [0.1, 0.15) is 38.6 Å². The van der Waals surface area contributed by atoms with E-state index in [0.29, 0.717) is 24.5 Å². The molecule has 0 saturated carbocycles. The number of aliphatic hydroxyl groups excluding tert-OH is 1. The van der Waals surface area contributed by atoms with Crippen LogP contribution in [-0.2, 0) is 58.7 Å². The van der Waals surface area contributed by atoms with Crippen LogP contribution in [-0.4, -0.2) is 151 Å². The molecular formula is C32H43N12O14P2S4+. The van der Waals surface area contributed by atoms with Gasteiger partial charge in [0.15, 0.2) is 41.2 Å². The predicted octanol–water partition coefficient (Wildman–Crippen LogP) is -0.576. The van der Waals surface area contributed by atoms with E-state index >= 15 is 0 Å². The Labute approximate surface area is 380 Å². The number of ketones is 1. The number of anilines is 2. The quantitative estimate of drug-likeness (QED) is 0.0330. The Morgan fingerprint density at radius 1 is 0.984 bits per heavy atom. The molecule has 4 aromatic rings. The van der Waals surface area contributed by atoms with Gasteiger partial charge in [-0.2, -0.15) is 18.9 Å². The highest BCUT2D eigenvalue weighted by Gasteiger charge is 2.69. The Bertz CT molecular complexity index is 2520. The van der Waals surface area contributed by atoms with Crippen LogP contribution in [0.3, 0.4) is 0 Å². The number of fused-ring (bicyclic) bond motifs is 4. The molecule has 4 aliphatic heterocycles. The summed E-state index contributed by atoms with van der Waals surface area (Å²) in [6.07, 6.45) is -5.90. The van der Waals surface area contributed by atoms with Crippen LogP contribution >= 0.6 is 47.5 Å². The molecule has 4 fully saturated rings. The molecule has 8 heterocycles. The third-order valence-corrected chi connectivity index (χ3v) is 17.1. The van der Waals surface area contributed by atoms with Crippen LogP contribution in [0, 0.1) is 0 Å². The van der Waals surface area contributed by atoms with Gasteiger partial charge in [0.05, 0.1) is 31.5 Å². The number of aliphatic hydroxyl groups is 1. The molecule has 8 rings (SSSR count). The van der Waals surface area contributed by atoms with Crippen LogP contribution in [0.4, 0.5) is 11.8 Å². The number of ether oxygens (including phenoxy) is 4. The second-order valence-electron chi connectivity index (χ2n) is 14.7. The maximum absolute atomic E-state index is 14.5. The van der Waals surface area contributed by atoms with Crippen LogP contribution in [0.2, 0.25) is 0 Å². The summed E-state index contributed by atoms with van der Waals surface area (Å²) >= 11 is 10.0. The molecule has 64 heavy (non-hydrogen) atoms. The Kier molecular flexibility index (Phi) is 14.2. The number of nitrogens with two attached hydrogens (primary N) is 2. The van der Waals surface area contributed by atoms with Gasteiger partial charge in [0.1, 0.15) is 54.8 Å². The van der Waals surface area contributed by atoms with E-state index in [4.69, 9.17) is 55.8 Å². The molecule has 348 valence electrons. The minimum absolute atomic E-state index is 0.0113. The molecule has 4 saturated heterocycles. The zero-order valence-electron chi connectivity index (χ0n) is 33.4. The lowest BCUT2D eigenvalue weighted by Crippen LogP contribution is -2.50. The molecular weight excluding hydrogens is 967 g/mol. The third kappa shape index (κ3) is 9.51. The number of aromatic nitrogens is 8. The highest BCUT2D eigenvalue weighted by atomic mass is 33.1. The van der Waals surface area contributed by atoms with Gasteiger partial charge >= 0.3 is 12.7 Å². The number of carbonyl (C=O) groups excluding carboxylic acids is 3.